The third-order valence-corrected chi connectivity index (χ3v) is 7.82. The van der Waals surface area contributed by atoms with Gasteiger partial charge in [0.05, 0.1) is 6.04 Å². The summed E-state index contributed by atoms with van der Waals surface area (Å²) in [5.74, 6) is 3.07. The van der Waals surface area contributed by atoms with E-state index in [1.54, 1.807) is 0 Å². The third kappa shape index (κ3) is 3.34. The first-order chi connectivity index (χ1) is 13.6. The minimum absolute atomic E-state index is 0.0696. The highest BCUT2D eigenvalue weighted by molar-refractivity contribution is 5.94. The Balaban J connectivity index is 1.21. The fourth-order valence-electron chi connectivity index (χ4n) is 6.73. The number of benzene rings is 1. The van der Waals surface area contributed by atoms with Gasteiger partial charge in [0.1, 0.15) is 0 Å². The highest BCUT2D eigenvalue weighted by atomic mass is 16.2. The first-order valence-electron chi connectivity index (χ1n) is 11.0. The van der Waals surface area contributed by atoms with Crippen LogP contribution in [0.5, 0.6) is 0 Å². The molecule has 5 aliphatic rings. The summed E-state index contributed by atoms with van der Waals surface area (Å²) in [6.45, 7) is 1.62. The molecule has 1 aromatic carbocycles. The minimum atomic E-state index is -0.232. The van der Waals surface area contributed by atoms with Crippen LogP contribution in [0.15, 0.2) is 24.3 Å². The summed E-state index contributed by atoms with van der Waals surface area (Å²) in [6, 6.07) is 8.11. The molecule has 4 aliphatic carbocycles. The van der Waals surface area contributed by atoms with Gasteiger partial charge in [-0.05, 0) is 92.9 Å². The summed E-state index contributed by atoms with van der Waals surface area (Å²) in [5.41, 5.74) is 7.38. The van der Waals surface area contributed by atoms with E-state index in [-0.39, 0.29) is 17.9 Å². The van der Waals surface area contributed by atoms with Crippen molar-refractivity contribution in [2.24, 2.45) is 29.4 Å². The maximum atomic E-state index is 12.9. The number of nitrogens with zero attached hydrogens (tertiary/aromatic N) is 1. The highest BCUT2D eigenvalue weighted by Gasteiger charge is 2.48. The van der Waals surface area contributed by atoms with E-state index in [9.17, 15) is 9.59 Å². The van der Waals surface area contributed by atoms with E-state index in [2.05, 4.69) is 10.2 Å². The van der Waals surface area contributed by atoms with Gasteiger partial charge in [0.25, 0.3) is 5.91 Å². The van der Waals surface area contributed by atoms with Crippen molar-refractivity contribution in [3.8, 4) is 0 Å². The first-order valence-corrected chi connectivity index (χ1v) is 11.0. The molecule has 3 N–H and O–H groups in total. The van der Waals surface area contributed by atoms with E-state index in [1.165, 1.54) is 32.1 Å². The van der Waals surface area contributed by atoms with E-state index >= 15 is 0 Å². The van der Waals surface area contributed by atoms with Crippen LogP contribution in [-0.2, 0) is 11.3 Å². The number of carbonyl (C=O) groups is 2. The molecule has 150 valence electrons. The Bertz CT molecular complexity index is 732. The molecule has 0 radical (unpaired) electrons. The quantitative estimate of drug-likeness (QED) is 0.823. The van der Waals surface area contributed by atoms with E-state index in [0.29, 0.717) is 24.4 Å². The molecule has 1 heterocycles. The molecular weight excluding hydrogens is 350 g/mol. The Morgan fingerprint density at radius 3 is 2.25 bits per heavy atom. The van der Waals surface area contributed by atoms with Gasteiger partial charge in [0.2, 0.25) is 5.91 Å². The zero-order valence-corrected chi connectivity index (χ0v) is 16.5. The summed E-state index contributed by atoms with van der Waals surface area (Å²) >= 11 is 0. The van der Waals surface area contributed by atoms with Crippen LogP contribution in [0, 0.1) is 23.7 Å². The van der Waals surface area contributed by atoms with E-state index in [4.69, 9.17) is 5.73 Å². The van der Waals surface area contributed by atoms with Gasteiger partial charge in [-0.2, -0.15) is 0 Å². The second-order valence-corrected chi connectivity index (χ2v) is 9.66. The Labute approximate surface area is 167 Å². The number of primary amides is 1. The fraction of sp³-hybridized carbons (Fsp3) is 0.652. The second-order valence-electron chi connectivity index (χ2n) is 9.66. The second kappa shape index (κ2) is 7.18. The molecule has 0 unspecified atom stereocenters. The smallest absolute Gasteiger partial charge is 0.251 e. The number of amides is 2. The van der Waals surface area contributed by atoms with Gasteiger partial charge in [-0.15, -0.1) is 0 Å². The van der Waals surface area contributed by atoms with Gasteiger partial charge in [-0.25, -0.2) is 0 Å². The van der Waals surface area contributed by atoms with Gasteiger partial charge in [0.15, 0.2) is 0 Å². The Morgan fingerprint density at radius 2 is 1.64 bits per heavy atom. The molecule has 5 nitrogen and oxygen atoms in total. The minimum Gasteiger partial charge on any atom is -0.368 e. The molecule has 4 bridgehead atoms. The molecule has 2 amide bonds. The van der Waals surface area contributed by atoms with Crippen LogP contribution in [0.4, 0.5) is 0 Å². The molecule has 6 rings (SSSR count). The van der Waals surface area contributed by atoms with Crippen LogP contribution >= 0.6 is 0 Å². The van der Waals surface area contributed by atoms with Crippen molar-refractivity contribution >= 4 is 11.8 Å². The average molecular weight is 382 g/mol. The largest absolute Gasteiger partial charge is 0.368 e. The number of likely N-dealkylation sites (tertiary alicyclic amines) is 1. The predicted molar refractivity (Wildman–Crippen MR) is 107 cm³/mol. The lowest BCUT2D eigenvalue weighted by molar-refractivity contribution is -0.122. The van der Waals surface area contributed by atoms with Crippen LogP contribution in [-0.4, -0.2) is 35.3 Å². The number of rotatable bonds is 5. The van der Waals surface area contributed by atoms with E-state index in [1.807, 2.05) is 24.3 Å². The lowest BCUT2D eigenvalue weighted by Crippen LogP contribution is -2.55. The van der Waals surface area contributed by atoms with E-state index < -0.39 is 0 Å². The molecule has 5 fully saturated rings. The van der Waals surface area contributed by atoms with Crippen LogP contribution in [0.3, 0.4) is 0 Å². The van der Waals surface area contributed by atoms with Crippen molar-refractivity contribution in [2.45, 2.75) is 63.6 Å². The van der Waals surface area contributed by atoms with Crippen molar-refractivity contribution in [1.29, 1.82) is 0 Å². The van der Waals surface area contributed by atoms with Crippen molar-refractivity contribution < 1.29 is 9.59 Å². The molecule has 4 saturated carbocycles. The SMILES string of the molecule is NC(=O)[C@@H]1CCCN1Cc1ccc(C(=O)NC2C3CC4CC(C3)CC2C4)cc1. The van der Waals surface area contributed by atoms with Crippen molar-refractivity contribution in [3.05, 3.63) is 35.4 Å². The number of nitrogens with one attached hydrogen (secondary N) is 1. The van der Waals surface area contributed by atoms with Gasteiger partial charge in [-0.1, -0.05) is 12.1 Å². The fourth-order valence-corrected chi connectivity index (χ4v) is 6.73. The molecule has 1 aromatic rings. The summed E-state index contributed by atoms with van der Waals surface area (Å²) < 4.78 is 0. The molecule has 1 atom stereocenters. The Morgan fingerprint density at radius 1 is 1.00 bits per heavy atom. The zero-order valence-electron chi connectivity index (χ0n) is 16.5. The summed E-state index contributed by atoms with van der Waals surface area (Å²) in [7, 11) is 0. The van der Waals surface area contributed by atoms with Crippen LogP contribution < -0.4 is 11.1 Å². The number of carbonyl (C=O) groups excluding carboxylic acids is 2. The summed E-state index contributed by atoms with van der Waals surface area (Å²) in [4.78, 5) is 26.6. The van der Waals surface area contributed by atoms with Crippen molar-refractivity contribution in [3.63, 3.8) is 0 Å². The maximum Gasteiger partial charge on any atom is 0.251 e. The predicted octanol–water partition coefficient (Wildman–Crippen LogP) is 2.69. The first kappa shape index (κ1) is 18.2. The molecule has 5 heteroatoms. The summed E-state index contributed by atoms with van der Waals surface area (Å²) in [5, 5.41) is 3.38. The van der Waals surface area contributed by atoms with Gasteiger partial charge < -0.3 is 11.1 Å². The monoisotopic (exact) mass is 381 g/mol. The molecular formula is C23H31N3O2. The third-order valence-electron chi connectivity index (χ3n) is 7.82. The van der Waals surface area contributed by atoms with Crippen molar-refractivity contribution in [2.75, 3.05) is 6.54 Å². The van der Waals surface area contributed by atoms with E-state index in [0.717, 1.165) is 42.3 Å². The molecule has 1 aliphatic heterocycles. The Kier molecular flexibility index (Phi) is 4.66. The lowest BCUT2D eigenvalue weighted by Gasteiger charge is -2.54. The maximum absolute atomic E-state index is 12.9. The van der Waals surface area contributed by atoms with Gasteiger partial charge >= 0.3 is 0 Å². The topological polar surface area (TPSA) is 75.4 Å². The zero-order chi connectivity index (χ0) is 19.3. The van der Waals surface area contributed by atoms with Crippen LogP contribution in [0.25, 0.3) is 0 Å². The van der Waals surface area contributed by atoms with Gasteiger partial charge in [-0.3, -0.25) is 14.5 Å². The standard InChI is InChI=1S/C23H31N3O2/c24-22(27)20-2-1-7-26(20)13-14-3-5-17(6-4-14)23(28)25-21-18-9-15-8-16(11-18)12-19(21)10-15/h3-6,15-16,18-21H,1-2,7-13H2,(H2,24,27)(H,25,28)/t15?,16?,18?,19?,20-,21?/m0/s1. The normalized spacial score (nSPS) is 36.6. The molecule has 1 saturated heterocycles. The number of nitrogens with two attached hydrogens (primary N) is 1. The van der Waals surface area contributed by atoms with Crippen LogP contribution in [0.2, 0.25) is 0 Å². The molecule has 0 spiro atoms. The van der Waals surface area contributed by atoms with Gasteiger partial charge in [0, 0.05) is 18.2 Å². The lowest BCUT2D eigenvalue weighted by atomic mass is 9.54. The number of hydrogen-bond acceptors (Lipinski definition) is 3. The van der Waals surface area contributed by atoms with Crippen molar-refractivity contribution in [1.82, 2.24) is 10.2 Å². The summed E-state index contributed by atoms with van der Waals surface area (Å²) in [6.07, 6.45) is 8.55. The molecule has 0 aromatic heterocycles. The molecule has 28 heavy (non-hydrogen) atoms. The highest BCUT2D eigenvalue weighted by Crippen LogP contribution is 2.53. The average Bonchev–Trinajstić information content (AvgIpc) is 3.13. The number of hydrogen-bond donors (Lipinski definition) is 2. The Hall–Kier alpha value is -1.88. The van der Waals surface area contributed by atoms with Crippen LogP contribution in [0.1, 0.15) is 60.9 Å².